The van der Waals surface area contributed by atoms with Crippen molar-refractivity contribution in [3.05, 3.63) is 23.7 Å². The highest BCUT2D eigenvalue weighted by Crippen LogP contribution is 2.24. The molecule has 0 spiro atoms. The van der Waals surface area contributed by atoms with Gasteiger partial charge in [-0.05, 0) is 18.2 Å². The van der Waals surface area contributed by atoms with E-state index in [2.05, 4.69) is 33.4 Å². The molecule has 0 saturated carbocycles. The van der Waals surface area contributed by atoms with Crippen LogP contribution in [0, 0.1) is 0 Å². The standard InChI is InChI=1S/C11H13N3S/c1-2-10-11(15-8-13-10)7-9(1)14-5-3-12-4-6-14/h1-2,7-8,12H,3-6H2. The molecule has 1 saturated heterocycles. The van der Waals surface area contributed by atoms with Gasteiger partial charge in [0.1, 0.15) is 0 Å². The molecular weight excluding hydrogens is 206 g/mol. The molecule has 1 aromatic carbocycles. The van der Waals surface area contributed by atoms with E-state index in [4.69, 9.17) is 0 Å². The van der Waals surface area contributed by atoms with E-state index in [1.54, 1.807) is 11.3 Å². The summed E-state index contributed by atoms with van der Waals surface area (Å²) in [6.07, 6.45) is 0. The first-order chi connectivity index (χ1) is 7.43. The third kappa shape index (κ3) is 1.70. The minimum Gasteiger partial charge on any atom is -0.369 e. The summed E-state index contributed by atoms with van der Waals surface area (Å²) in [5, 5.41) is 3.37. The van der Waals surface area contributed by atoms with Gasteiger partial charge in [-0.15, -0.1) is 11.3 Å². The number of thiazole rings is 1. The lowest BCUT2D eigenvalue weighted by atomic mass is 10.2. The molecule has 1 aliphatic rings. The summed E-state index contributed by atoms with van der Waals surface area (Å²) in [6.45, 7) is 4.37. The zero-order chi connectivity index (χ0) is 10.1. The fraction of sp³-hybridized carbons (Fsp3) is 0.364. The highest BCUT2D eigenvalue weighted by Gasteiger charge is 2.10. The molecule has 2 aromatic rings. The summed E-state index contributed by atoms with van der Waals surface area (Å²) in [4.78, 5) is 6.72. The van der Waals surface area contributed by atoms with Gasteiger partial charge in [0, 0.05) is 31.9 Å². The van der Waals surface area contributed by atoms with Gasteiger partial charge in [-0.3, -0.25) is 0 Å². The first-order valence-electron chi connectivity index (χ1n) is 5.22. The Bertz CT molecular complexity index is 460. The third-order valence-electron chi connectivity index (χ3n) is 2.80. The van der Waals surface area contributed by atoms with Gasteiger partial charge < -0.3 is 10.2 Å². The zero-order valence-corrected chi connectivity index (χ0v) is 9.26. The van der Waals surface area contributed by atoms with Crippen LogP contribution in [0.1, 0.15) is 0 Å². The maximum absolute atomic E-state index is 4.29. The highest BCUT2D eigenvalue weighted by atomic mass is 32.1. The smallest absolute Gasteiger partial charge is 0.0813 e. The molecule has 3 nitrogen and oxygen atoms in total. The number of piperazine rings is 1. The van der Waals surface area contributed by atoms with Crippen LogP contribution in [0.3, 0.4) is 0 Å². The van der Waals surface area contributed by atoms with Gasteiger partial charge in [0.05, 0.1) is 15.7 Å². The number of rotatable bonds is 1. The monoisotopic (exact) mass is 219 g/mol. The van der Waals surface area contributed by atoms with Crippen molar-refractivity contribution in [3.8, 4) is 0 Å². The van der Waals surface area contributed by atoms with Crippen molar-refractivity contribution >= 4 is 27.2 Å². The first kappa shape index (κ1) is 9.12. The topological polar surface area (TPSA) is 28.2 Å². The number of hydrogen-bond donors (Lipinski definition) is 1. The zero-order valence-electron chi connectivity index (χ0n) is 8.44. The largest absolute Gasteiger partial charge is 0.369 e. The van der Waals surface area contributed by atoms with Crippen LogP contribution >= 0.6 is 11.3 Å². The minimum absolute atomic E-state index is 1.08. The molecule has 1 fully saturated rings. The van der Waals surface area contributed by atoms with Crippen molar-refractivity contribution in [1.82, 2.24) is 10.3 Å². The lowest BCUT2D eigenvalue weighted by molar-refractivity contribution is 0.589. The molecule has 3 rings (SSSR count). The number of nitrogens with one attached hydrogen (secondary N) is 1. The number of hydrogen-bond acceptors (Lipinski definition) is 4. The Labute approximate surface area is 92.7 Å². The average molecular weight is 219 g/mol. The van der Waals surface area contributed by atoms with Crippen LogP contribution < -0.4 is 10.2 Å². The van der Waals surface area contributed by atoms with Gasteiger partial charge in [-0.25, -0.2) is 4.98 Å². The van der Waals surface area contributed by atoms with E-state index in [1.807, 2.05) is 5.51 Å². The number of benzene rings is 1. The molecule has 0 atom stereocenters. The lowest BCUT2D eigenvalue weighted by Gasteiger charge is -2.29. The second-order valence-electron chi connectivity index (χ2n) is 3.74. The molecule has 1 aliphatic heterocycles. The van der Waals surface area contributed by atoms with Gasteiger partial charge in [0.2, 0.25) is 0 Å². The fourth-order valence-electron chi connectivity index (χ4n) is 1.96. The summed E-state index contributed by atoms with van der Waals surface area (Å²) >= 11 is 1.71. The summed E-state index contributed by atoms with van der Waals surface area (Å²) in [7, 11) is 0. The summed E-state index contributed by atoms with van der Waals surface area (Å²) in [5.74, 6) is 0. The van der Waals surface area contributed by atoms with Crippen molar-refractivity contribution in [1.29, 1.82) is 0 Å². The molecule has 0 aliphatic carbocycles. The van der Waals surface area contributed by atoms with Gasteiger partial charge in [-0.1, -0.05) is 0 Å². The van der Waals surface area contributed by atoms with E-state index < -0.39 is 0 Å². The second kappa shape index (κ2) is 3.79. The Morgan fingerprint density at radius 2 is 2.13 bits per heavy atom. The van der Waals surface area contributed by atoms with Crippen molar-refractivity contribution in [2.24, 2.45) is 0 Å². The molecule has 2 heterocycles. The van der Waals surface area contributed by atoms with Gasteiger partial charge in [-0.2, -0.15) is 0 Å². The van der Waals surface area contributed by atoms with Crippen molar-refractivity contribution in [2.75, 3.05) is 31.1 Å². The van der Waals surface area contributed by atoms with E-state index in [9.17, 15) is 0 Å². The van der Waals surface area contributed by atoms with E-state index in [-0.39, 0.29) is 0 Å². The molecule has 1 N–H and O–H groups in total. The number of fused-ring (bicyclic) bond motifs is 1. The Hall–Kier alpha value is -1.13. The van der Waals surface area contributed by atoms with Gasteiger partial charge in [0.15, 0.2) is 0 Å². The molecule has 0 radical (unpaired) electrons. The van der Waals surface area contributed by atoms with Crippen molar-refractivity contribution in [2.45, 2.75) is 0 Å². The number of anilines is 1. The fourth-order valence-corrected chi connectivity index (χ4v) is 2.67. The number of aromatic nitrogens is 1. The average Bonchev–Trinajstić information content (AvgIpc) is 2.77. The lowest BCUT2D eigenvalue weighted by Crippen LogP contribution is -2.43. The van der Waals surface area contributed by atoms with Crippen LogP contribution in [0.15, 0.2) is 23.7 Å². The summed E-state index contributed by atoms with van der Waals surface area (Å²) < 4.78 is 1.28. The van der Waals surface area contributed by atoms with Crippen LogP contribution in [-0.4, -0.2) is 31.2 Å². The van der Waals surface area contributed by atoms with E-state index in [0.29, 0.717) is 0 Å². The van der Waals surface area contributed by atoms with Gasteiger partial charge in [0.25, 0.3) is 0 Å². The predicted molar refractivity (Wildman–Crippen MR) is 64.7 cm³/mol. The molecule has 0 amide bonds. The quantitative estimate of drug-likeness (QED) is 0.791. The molecular formula is C11H13N3S. The maximum Gasteiger partial charge on any atom is 0.0813 e. The van der Waals surface area contributed by atoms with E-state index >= 15 is 0 Å². The molecule has 78 valence electrons. The molecule has 15 heavy (non-hydrogen) atoms. The summed E-state index contributed by atoms with van der Waals surface area (Å²) in [6, 6.07) is 6.54. The molecule has 0 unspecified atom stereocenters. The predicted octanol–water partition coefficient (Wildman–Crippen LogP) is 1.71. The van der Waals surface area contributed by atoms with Crippen LogP contribution in [-0.2, 0) is 0 Å². The third-order valence-corrected chi connectivity index (χ3v) is 3.59. The maximum atomic E-state index is 4.29. The Balaban J connectivity index is 1.95. The highest BCUT2D eigenvalue weighted by molar-refractivity contribution is 7.16. The Morgan fingerprint density at radius 1 is 1.27 bits per heavy atom. The van der Waals surface area contributed by atoms with Crippen molar-refractivity contribution in [3.63, 3.8) is 0 Å². The Morgan fingerprint density at radius 3 is 3.00 bits per heavy atom. The second-order valence-corrected chi connectivity index (χ2v) is 4.63. The van der Waals surface area contributed by atoms with Crippen LogP contribution in [0.2, 0.25) is 0 Å². The van der Waals surface area contributed by atoms with E-state index in [0.717, 1.165) is 31.7 Å². The minimum atomic E-state index is 1.08. The molecule has 0 bridgehead atoms. The van der Waals surface area contributed by atoms with Crippen LogP contribution in [0.5, 0.6) is 0 Å². The molecule has 4 heteroatoms. The van der Waals surface area contributed by atoms with Crippen LogP contribution in [0.4, 0.5) is 5.69 Å². The SMILES string of the molecule is c1nc2ccc(N3CCNCC3)cc2s1. The molecule has 1 aromatic heterocycles. The van der Waals surface area contributed by atoms with E-state index in [1.165, 1.54) is 10.4 Å². The van der Waals surface area contributed by atoms with Gasteiger partial charge >= 0.3 is 0 Å². The van der Waals surface area contributed by atoms with Crippen LogP contribution in [0.25, 0.3) is 10.2 Å². The Kier molecular flexibility index (Phi) is 2.31. The number of nitrogens with zero attached hydrogens (tertiary/aromatic N) is 2. The normalized spacial score (nSPS) is 17.2. The first-order valence-corrected chi connectivity index (χ1v) is 6.10. The summed E-state index contributed by atoms with van der Waals surface area (Å²) in [5.41, 5.74) is 4.35. The van der Waals surface area contributed by atoms with Crippen molar-refractivity contribution < 1.29 is 0 Å².